The molecule has 0 aromatic carbocycles. The minimum absolute atomic E-state index is 0.0359. The summed E-state index contributed by atoms with van der Waals surface area (Å²) in [6.45, 7) is 0. The van der Waals surface area contributed by atoms with Crippen LogP contribution in [-0.2, 0) is 0 Å². The van der Waals surface area contributed by atoms with Gasteiger partial charge in [-0.3, -0.25) is 0 Å². The van der Waals surface area contributed by atoms with Gasteiger partial charge in [0.05, 0.1) is 12.3 Å². The molecule has 0 unspecified atom stereocenters. The average Bonchev–Trinajstić information content (AvgIpc) is 2.41. The Bertz CT molecular complexity index is 448. The fraction of sp³-hybridized carbons (Fsp3) is 0.600. The number of nitrogens with two attached hydrogens (primary N) is 1. The van der Waals surface area contributed by atoms with E-state index in [1.165, 1.54) is 25.5 Å². The zero-order chi connectivity index (χ0) is 14.1. The number of hydrogen-bond donors (Lipinski definition) is 2. The van der Waals surface area contributed by atoms with Crippen molar-refractivity contribution in [2.75, 3.05) is 5.73 Å². The average molecular weight is 347 g/mol. The van der Waals surface area contributed by atoms with E-state index in [9.17, 15) is 0 Å². The third kappa shape index (κ3) is 6.63. The van der Waals surface area contributed by atoms with Gasteiger partial charge in [-0.05, 0) is 50.8 Å². The van der Waals surface area contributed by atoms with Gasteiger partial charge in [-0.15, -0.1) is 0 Å². The molecule has 0 spiro atoms. The topological polar surface area (TPSA) is 121 Å². The first-order valence-corrected chi connectivity index (χ1v) is 7.37. The molecule has 0 saturated heterocycles. The third-order valence-corrected chi connectivity index (χ3v) is 3.49. The van der Waals surface area contributed by atoms with Crippen molar-refractivity contribution >= 4 is 33.7 Å². The first-order chi connectivity index (χ1) is 9.13. The molecule has 0 radical (unpaired) electrons. The van der Waals surface area contributed by atoms with E-state index < -0.39 is 0 Å². The highest BCUT2D eigenvalue weighted by Crippen LogP contribution is 2.23. The van der Waals surface area contributed by atoms with Crippen LogP contribution in [0.1, 0.15) is 32.1 Å². The second-order valence-corrected chi connectivity index (χ2v) is 5.48. The Morgan fingerprint density at radius 3 is 2.68 bits per heavy atom. The first kappa shape index (κ1) is 16.0. The molecule has 104 valence electrons. The van der Waals surface area contributed by atoms with Crippen molar-refractivity contribution in [3.63, 3.8) is 0 Å². The lowest BCUT2D eigenvalue weighted by atomic mass is 9.98. The van der Waals surface area contributed by atoms with Gasteiger partial charge in [-0.1, -0.05) is 19.3 Å². The number of nitrogens with zero attached hydrogens (tertiary/aromatic N) is 5. The van der Waals surface area contributed by atoms with E-state index in [-0.39, 0.29) is 11.9 Å². The molecule has 1 aliphatic carbocycles. The van der Waals surface area contributed by atoms with Gasteiger partial charge in [0, 0.05) is 4.91 Å². The van der Waals surface area contributed by atoms with Crippen molar-refractivity contribution in [2.45, 2.75) is 43.2 Å². The van der Waals surface area contributed by atoms with Crippen LogP contribution in [0.3, 0.4) is 0 Å². The number of aliphatic hydroxyl groups is 1. The van der Waals surface area contributed by atoms with Crippen molar-refractivity contribution in [3.05, 3.63) is 21.2 Å². The van der Waals surface area contributed by atoms with Gasteiger partial charge in [0.25, 0.3) is 0 Å². The lowest BCUT2D eigenvalue weighted by molar-refractivity contribution is 0.130. The number of anilines is 1. The molecule has 1 fully saturated rings. The van der Waals surface area contributed by atoms with Gasteiger partial charge in [0.1, 0.15) is 9.63 Å². The van der Waals surface area contributed by atoms with Crippen molar-refractivity contribution in [3.8, 4) is 0 Å². The van der Waals surface area contributed by atoms with Gasteiger partial charge < -0.3 is 10.8 Å². The summed E-state index contributed by atoms with van der Waals surface area (Å²) in [6.07, 6.45) is 7.39. The number of halogens is 1. The van der Waals surface area contributed by atoms with Gasteiger partial charge in [-0.25, -0.2) is 9.97 Å². The number of azide groups is 1. The highest BCUT2D eigenvalue weighted by molar-refractivity contribution is 9.10. The summed E-state index contributed by atoms with van der Waals surface area (Å²) in [4.78, 5) is 10.3. The molecule has 1 aromatic heterocycles. The third-order valence-electron chi connectivity index (χ3n) is 2.48. The second kappa shape index (κ2) is 8.98. The van der Waals surface area contributed by atoms with Gasteiger partial charge in [0.2, 0.25) is 0 Å². The SMILES string of the molecule is OC1CCCCC1.[N-]=[N+]=NSc1nc(Br)cnc1N. The molecule has 0 amide bonds. The highest BCUT2D eigenvalue weighted by atomic mass is 79.9. The van der Waals surface area contributed by atoms with Crippen LogP contribution in [0.25, 0.3) is 10.4 Å². The fourth-order valence-corrected chi connectivity index (χ4v) is 2.36. The van der Waals surface area contributed by atoms with Crippen LogP contribution >= 0.6 is 27.9 Å². The second-order valence-electron chi connectivity index (χ2n) is 3.94. The van der Waals surface area contributed by atoms with E-state index in [0.29, 0.717) is 9.63 Å². The zero-order valence-electron chi connectivity index (χ0n) is 10.2. The Hall–Kier alpha value is -1.02. The Balaban J connectivity index is 0.000000218. The maximum atomic E-state index is 8.91. The van der Waals surface area contributed by atoms with Crippen molar-refractivity contribution < 1.29 is 5.11 Å². The predicted molar refractivity (Wildman–Crippen MR) is 78.2 cm³/mol. The lowest BCUT2D eigenvalue weighted by Gasteiger charge is -2.14. The quantitative estimate of drug-likeness (QED) is 0.367. The summed E-state index contributed by atoms with van der Waals surface area (Å²) < 4.78 is 3.79. The maximum Gasteiger partial charge on any atom is 0.156 e. The van der Waals surface area contributed by atoms with Crippen LogP contribution in [0.4, 0.5) is 5.82 Å². The van der Waals surface area contributed by atoms with Crippen LogP contribution in [0.5, 0.6) is 0 Å². The van der Waals surface area contributed by atoms with E-state index >= 15 is 0 Å². The molecule has 19 heavy (non-hydrogen) atoms. The normalized spacial score (nSPS) is 15.1. The van der Waals surface area contributed by atoms with E-state index in [2.05, 4.69) is 35.3 Å². The van der Waals surface area contributed by atoms with Crippen molar-refractivity contribution in [1.29, 1.82) is 0 Å². The molecule has 1 saturated carbocycles. The molecule has 1 heterocycles. The number of aliphatic hydroxyl groups excluding tert-OH is 1. The molecule has 1 aliphatic rings. The molecule has 0 atom stereocenters. The van der Waals surface area contributed by atoms with Crippen molar-refractivity contribution in [2.24, 2.45) is 4.52 Å². The van der Waals surface area contributed by atoms with E-state index in [4.69, 9.17) is 16.4 Å². The van der Waals surface area contributed by atoms with Crippen molar-refractivity contribution in [1.82, 2.24) is 9.97 Å². The fourth-order valence-electron chi connectivity index (χ4n) is 1.57. The first-order valence-electron chi connectivity index (χ1n) is 5.81. The largest absolute Gasteiger partial charge is 0.393 e. The molecule has 7 nitrogen and oxygen atoms in total. The monoisotopic (exact) mass is 346 g/mol. The lowest BCUT2D eigenvalue weighted by Crippen LogP contribution is -2.09. The van der Waals surface area contributed by atoms with E-state index in [0.717, 1.165) is 24.8 Å². The summed E-state index contributed by atoms with van der Waals surface area (Å²) >= 11 is 3.95. The van der Waals surface area contributed by atoms with Gasteiger partial charge in [-0.2, -0.15) is 0 Å². The summed E-state index contributed by atoms with van der Waals surface area (Å²) in [5.74, 6) is 0.246. The number of aromatic nitrogens is 2. The van der Waals surface area contributed by atoms with E-state index in [1.807, 2.05) is 0 Å². The predicted octanol–water partition coefficient (Wildman–Crippen LogP) is 3.45. The number of nitrogen functional groups attached to an aromatic ring is 1. The molecule has 0 bridgehead atoms. The zero-order valence-corrected chi connectivity index (χ0v) is 12.6. The molecule has 1 aromatic rings. The number of hydrogen-bond acceptors (Lipinski definition) is 6. The van der Waals surface area contributed by atoms with Crippen LogP contribution in [-0.4, -0.2) is 21.2 Å². The number of rotatable bonds is 2. The Labute approximate surface area is 123 Å². The molecule has 2 rings (SSSR count). The minimum Gasteiger partial charge on any atom is -0.393 e. The highest BCUT2D eigenvalue weighted by Gasteiger charge is 2.07. The van der Waals surface area contributed by atoms with Crippen LogP contribution in [0, 0.1) is 0 Å². The van der Waals surface area contributed by atoms with Crippen LogP contribution < -0.4 is 5.73 Å². The Kier molecular flexibility index (Phi) is 7.57. The molecule has 0 aliphatic heterocycles. The summed E-state index contributed by atoms with van der Waals surface area (Å²) in [7, 11) is 0. The van der Waals surface area contributed by atoms with Crippen LogP contribution in [0.15, 0.2) is 20.3 Å². The van der Waals surface area contributed by atoms with Gasteiger partial charge >= 0.3 is 0 Å². The summed E-state index contributed by atoms with van der Waals surface area (Å²) in [5.41, 5.74) is 13.5. The van der Waals surface area contributed by atoms with Crippen LogP contribution in [0.2, 0.25) is 0 Å². The van der Waals surface area contributed by atoms with Gasteiger partial charge in [0.15, 0.2) is 5.82 Å². The van der Waals surface area contributed by atoms with E-state index in [1.54, 1.807) is 0 Å². The standard InChI is InChI=1S/C6H12O.C4H3BrN6S/c7-6-4-2-1-3-5-6;5-2-1-8-3(6)4(9-2)12-11-10-7/h6-7H,1-5H2;1H,(H2,6,8). The molecular formula is C10H15BrN6OS. The Morgan fingerprint density at radius 1 is 1.47 bits per heavy atom. The maximum absolute atomic E-state index is 8.91. The Morgan fingerprint density at radius 2 is 2.16 bits per heavy atom. The molecule has 9 heteroatoms. The molecule has 3 N–H and O–H groups in total. The smallest absolute Gasteiger partial charge is 0.156 e. The summed E-state index contributed by atoms with van der Waals surface area (Å²) in [5, 5.41) is 9.30. The minimum atomic E-state index is 0.0359. The summed E-state index contributed by atoms with van der Waals surface area (Å²) in [6, 6.07) is 0. The molecular weight excluding hydrogens is 332 g/mol.